The van der Waals surface area contributed by atoms with E-state index in [1.54, 1.807) is 0 Å². The van der Waals surface area contributed by atoms with Crippen LogP contribution in [0, 0.1) is 0 Å². The summed E-state index contributed by atoms with van der Waals surface area (Å²) in [6.45, 7) is 4.45. The van der Waals surface area contributed by atoms with Crippen LogP contribution in [0.1, 0.15) is 81.1 Å². The number of carbonyl (C=O) groups is 2. The van der Waals surface area contributed by atoms with E-state index in [4.69, 9.17) is 4.74 Å². The highest BCUT2D eigenvalue weighted by Crippen LogP contribution is 2.13. The summed E-state index contributed by atoms with van der Waals surface area (Å²) in [5.41, 5.74) is 2.11. The number of esters is 1. The van der Waals surface area contributed by atoms with Gasteiger partial charge in [-0.15, -0.1) is 0 Å². The lowest BCUT2D eigenvalue weighted by molar-refractivity contribution is -0.143. The minimum atomic E-state index is -0.141. The van der Waals surface area contributed by atoms with E-state index in [0.29, 0.717) is 19.4 Å². The molecule has 3 nitrogen and oxygen atoms in total. The van der Waals surface area contributed by atoms with Crippen LogP contribution < -0.4 is 0 Å². The highest BCUT2D eigenvalue weighted by molar-refractivity contribution is 5.96. The molecular formula is C20H30O3. The summed E-state index contributed by atoms with van der Waals surface area (Å²) in [5.74, 6) is 0.0544. The zero-order valence-corrected chi connectivity index (χ0v) is 14.6. The molecule has 0 N–H and O–H groups in total. The van der Waals surface area contributed by atoms with Crippen molar-refractivity contribution in [2.75, 3.05) is 6.61 Å². The Hall–Kier alpha value is -1.64. The van der Waals surface area contributed by atoms with Crippen molar-refractivity contribution in [3.05, 3.63) is 35.4 Å². The van der Waals surface area contributed by atoms with Crippen molar-refractivity contribution < 1.29 is 14.3 Å². The van der Waals surface area contributed by atoms with E-state index in [2.05, 4.69) is 19.1 Å². The maximum Gasteiger partial charge on any atom is 0.305 e. The van der Waals surface area contributed by atoms with Gasteiger partial charge in [-0.05, 0) is 38.2 Å². The van der Waals surface area contributed by atoms with Crippen LogP contribution >= 0.6 is 0 Å². The molecule has 0 unspecified atom stereocenters. The Balaban J connectivity index is 2.23. The van der Waals surface area contributed by atoms with Crippen LogP contribution in [0.15, 0.2) is 24.3 Å². The summed E-state index contributed by atoms with van der Waals surface area (Å²) < 4.78 is 4.88. The summed E-state index contributed by atoms with van der Waals surface area (Å²) in [6, 6.07) is 8.04. The zero-order chi connectivity index (χ0) is 16.9. The third-order valence-electron chi connectivity index (χ3n) is 3.93. The topological polar surface area (TPSA) is 43.4 Å². The predicted octanol–water partition coefficient (Wildman–Crippen LogP) is 5.12. The van der Waals surface area contributed by atoms with Gasteiger partial charge in [0.15, 0.2) is 5.78 Å². The van der Waals surface area contributed by atoms with Crippen LogP contribution in [-0.2, 0) is 16.0 Å². The third-order valence-corrected chi connectivity index (χ3v) is 3.93. The molecule has 3 heteroatoms. The Labute approximate surface area is 140 Å². The number of carbonyl (C=O) groups excluding carboxylic acids is 2. The van der Waals surface area contributed by atoms with E-state index in [-0.39, 0.29) is 11.8 Å². The molecule has 0 saturated heterocycles. The number of benzene rings is 1. The first-order valence-electron chi connectivity index (χ1n) is 8.95. The summed E-state index contributed by atoms with van der Waals surface area (Å²) >= 11 is 0. The van der Waals surface area contributed by atoms with Gasteiger partial charge in [0.05, 0.1) is 6.61 Å². The fraction of sp³-hybridized carbons (Fsp3) is 0.600. The average molecular weight is 318 g/mol. The number of aryl methyl sites for hydroxylation is 1. The first-order chi connectivity index (χ1) is 11.2. The van der Waals surface area contributed by atoms with Crippen molar-refractivity contribution in [3.63, 3.8) is 0 Å². The SMILES string of the molecule is CCCCCc1ccc(C(=O)CCCCCC(=O)OCC)cc1. The van der Waals surface area contributed by atoms with Crippen molar-refractivity contribution >= 4 is 11.8 Å². The first kappa shape index (κ1) is 19.4. The van der Waals surface area contributed by atoms with Crippen molar-refractivity contribution in [1.29, 1.82) is 0 Å². The first-order valence-corrected chi connectivity index (χ1v) is 8.95. The highest BCUT2D eigenvalue weighted by Gasteiger charge is 2.06. The minimum Gasteiger partial charge on any atom is -0.466 e. The quantitative estimate of drug-likeness (QED) is 0.305. The molecule has 0 amide bonds. The molecule has 0 radical (unpaired) electrons. The van der Waals surface area contributed by atoms with Crippen LogP contribution in [0.4, 0.5) is 0 Å². The Kier molecular flexibility index (Phi) is 10.0. The second-order valence-corrected chi connectivity index (χ2v) is 5.94. The van der Waals surface area contributed by atoms with Crippen LogP contribution in [0.2, 0.25) is 0 Å². The van der Waals surface area contributed by atoms with E-state index in [0.717, 1.165) is 31.2 Å². The number of hydrogen-bond acceptors (Lipinski definition) is 3. The zero-order valence-electron chi connectivity index (χ0n) is 14.6. The molecule has 0 fully saturated rings. The van der Waals surface area contributed by atoms with E-state index in [1.807, 2.05) is 19.1 Å². The summed E-state index contributed by atoms with van der Waals surface area (Å²) in [4.78, 5) is 23.3. The summed E-state index contributed by atoms with van der Waals surface area (Å²) in [5, 5.41) is 0. The number of Topliss-reactive ketones (excluding diaryl/α,β-unsaturated/α-hetero) is 1. The Bertz CT molecular complexity index is 462. The molecule has 0 aliphatic carbocycles. The van der Waals surface area contributed by atoms with Crippen molar-refractivity contribution in [2.24, 2.45) is 0 Å². The molecule has 0 aliphatic heterocycles. The van der Waals surface area contributed by atoms with Gasteiger partial charge in [-0.3, -0.25) is 9.59 Å². The van der Waals surface area contributed by atoms with Gasteiger partial charge in [0.25, 0.3) is 0 Å². The van der Waals surface area contributed by atoms with E-state index in [9.17, 15) is 9.59 Å². The van der Waals surface area contributed by atoms with Crippen LogP contribution in [0.25, 0.3) is 0 Å². The normalized spacial score (nSPS) is 10.5. The number of rotatable bonds is 12. The average Bonchev–Trinajstić information content (AvgIpc) is 2.55. The molecule has 1 aromatic rings. The van der Waals surface area contributed by atoms with Gasteiger partial charge in [-0.2, -0.15) is 0 Å². The molecule has 0 bridgehead atoms. The summed E-state index contributed by atoms with van der Waals surface area (Å²) in [7, 11) is 0. The van der Waals surface area contributed by atoms with E-state index in [1.165, 1.54) is 24.8 Å². The molecule has 0 aromatic heterocycles. The molecule has 0 aliphatic rings. The number of hydrogen-bond donors (Lipinski definition) is 0. The summed E-state index contributed by atoms with van der Waals surface area (Å²) in [6.07, 6.45) is 8.31. The maximum absolute atomic E-state index is 12.1. The van der Waals surface area contributed by atoms with E-state index < -0.39 is 0 Å². The van der Waals surface area contributed by atoms with E-state index >= 15 is 0 Å². The van der Waals surface area contributed by atoms with Crippen LogP contribution in [0.3, 0.4) is 0 Å². The Morgan fingerprint density at radius 3 is 2.22 bits per heavy atom. The van der Waals surface area contributed by atoms with Crippen molar-refractivity contribution in [1.82, 2.24) is 0 Å². The lowest BCUT2D eigenvalue weighted by Crippen LogP contribution is -2.03. The molecule has 0 atom stereocenters. The van der Waals surface area contributed by atoms with Crippen molar-refractivity contribution in [3.8, 4) is 0 Å². The lowest BCUT2D eigenvalue weighted by Gasteiger charge is -2.04. The van der Waals surface area contributed by atoms with Crippen molar-refractivity contribution in [2.45, 2.75) is 71.6 Å². The number of unbranched alkanes of at least 4 members (excludes halogenated alkanes) is 4. The van der Waals surface area contributed by atoms with Crippen LogP contribution in [0.5, 0.6) is 0 Å². The second-order valence-electron chi connectivity index (χ2n) is 5.94. The Morgan fingerprint density at radius 2 is 1.57 bits per heavy atom. The smallest absolute Gasteiger partial charge is 0.305 e. The molecule has 1 rings (SSSR count). The largest absolute Gasteiger partial charge is 0.466 e. The highest BCUT2D eigenvalue weighted by atomic mass is 16.5. The molecule has 0 heterocycles. The fourth-order valence-electron chi connectivity index (χ4n) is 2.55. The monoisotopic (exact) mass is 318 g/mol. The van der Waals surface area contributed by atoms with Gasteiger partial charge >= 0.3 is 5.97 Å². The molecule has 0 spiro atoms. The third kappa shape index (κ3) is 8.53. The van der Waals surface area contributed by atoms with Gasteiger partial charge in [-0.1, -0.05) is 50.5 Å². The van der Waals surface area contributed by atoms with Gasteiger partial charge < -0.3 is 4.74 Å². The van der Waals surface area contributed by atoms with Gasteiger partial charge in [0, 0.05) is 18.4 Å². The van der Waals surface area contributed by atoms with Gasteiger partial charge in [-0.25, -0.2) is 0 Å². The lowest BCUT2D eigenvalue weighted by atomic mass is 10.0. The molecular weight excluding hydrogens is 288 g/mol. The molecule has 1 aromatic carbocycles. The number of ketones is 1. The second kappa shape index (κ2) is 11.9. The Morgan fingerprint density at radius 1 is 0.870 bits per heavy atom. The molecule has 23 heavy (non-hydrogen) atoms. The van der Waals surface area contributed by atoms with Gasteiger partial charge in [0.1, 0.15) is 0 Å². The van der Waals surface area contributed by atoms with Crippen LogP contribution in [-0.4, -0.2) is 18.4 Å². The molecule has 0 saturated carbocycles. The fourth-order valence-corrected chi connectivity index (χ4v) is 2.55. The standard InChI is InChI=1S/C20H30O3/c1-3-5-7-10-17-13-15-18(16-14-17)19(21)11-8-6-9-12-20(22)23-4-2/h13-16H,3-12H2,1-2H3. The van der Waals surface area contributed by atoms with Gasteiger partial charge in [0.2, 0.25) is 0 Å². The minimum absolute atomic E-state index is 0.141. The maximum atomic E-state index is 12.1. The number of ether oxygens (including phenoxy) is 1. The predicted molar refractivity (Wildman–Crippen MR) is 93.7 cm³/mol. The molecule has 128 valence electrons.